The summed E-state index contributed by atoms with van der Waals surface area (Å²) >= 11 is 1.22. The maximum absolute atomic E-state index is 13.0. The highest BCUT2D eigenvalue weighted by Crippen LogP contribution is 2.25. The van der Waals surface area contributed by atoms with Crippen LogP contribution in [0.15, 0.2) is 52.2 Å². The average molecular weight is 459 g/mol. The number of nitrogens with zero attached hydrogens (tertiary/aromatic N) is 4. The van der Waals surface area contributed by atoms with Crippen LogP contribution in [0.3, 0.4) is 0 Å². The molecule has 1 aromatic carbocycles. The number of halogens is 1. The fraction of sp³-hybridized carbons (Fsp3) is 0.333. The van der Waals surface area contributed by atoms with E-state index in [9.17, 15) is 14.0 Å². The van der Waals surface area contributed by atoms with E-state index < -0.39 is 17.6 Å². The van der Waals surface area contributed by atoms with E-state index in [4.69, 9.17) is 4.42 Å². The van der Waals surface area contributed by atoms with E-state index in [1.54, 1.807) is 6.26 Å². The molecule has 2 N–H and O–H groups in total. The molecule has 3 aromatic rings. The standard InChI is InChI=1S/C21H23FN6O3S/c22-16-8-6-15(7-9-16)19(30)24-23-18(29)14-32-21-26-25-20(27-10-2-1-3-11-27)28(21)13-17-5-4-12-31-17/h4-9,12H,1-3,10-11,13-14H2,(H,23,29)(H,24,30). The van der Waals surface area contributed by atoms with Gasteiger partial charge in [0.15, 0.2) is 5.16 Å². The van der Waals surface area contributed by atoms with Crippen molar-refractivity contribution in [3.63, 3.8) is 0 Å². The van der Waals surface area contributed by atoms with Crippen molar-refractivity contribution in [1.82, 2.24) is 25.6 Å². The van der Waals surface area contributed by atoms with Crippen LogP contribution in [0.5, 0.6) is 0 Å². The van der Waals surface area contributed by atoms with Crippen molar-refractivity contribution in [3.8, 4) is 0 Å². The molecule has 2 amide bonds. The van der Waals surface area contributed by atoms with Gasteiger partial charge in [0.2, 0.25) is 11.9 Å². The van der Waals surface area contributed by atoms with Gasteiger partial charge < -0.3 is 9.32 Å². The van der Waals surface area contributed by atoms with Gasteiger partial charge in [-0.2, -0.15) is 0 Å². The van der Waals surface area contributed by atoms with Crippen LogP contribution in [0.25, 0.3) is 0 Å². The molecular formula is C21H23FN6O3S. The quantitative estimate of drug-likeness (QED) is 0.414. The summed E-state index contributed by atoms with van der Waals surface area (Å²) in [5, 5.41) is 9.23. The third kappa shape index (κ3) is 5.47. The van der Waals surface area contributed by atoms with Crippen LogP contribution in [0.1, 0.15) is 35.4 Å². The van der Waals surface area contributed by atoms with Gasteiger partial charge >= 0.3 is 0 Å². The first-order chi connectivity index (χ1) is 15.6. The zero-order valence-electron chi connectivity index (χ0n) is 17.3. The van der Waals surface area contributed by atoms with Crippen LogP contribution in [0.4, 0.5) is 10.3 Å². The Labute approximate surface area is 188 Å². The molecule has 1 aliphatic rings. The van der Waals surface area contributed by atoms with Gasteiger partial charge in [0.05, 0.1) is 18.6 Å². The van der Waals surface area contributed by atoms with E-state index in [1.807, 2.05) is 16.7 Å². The Bertz CT molecular complexity index is 1050. The topological polar surface area (TPSA) is 105 Å². The van der Waals surface area contributed by atoms with Gasteiger partial charge in [-0.05, 0) is 55.7 Å². The van der Waals surface area contributed by atoms with E-state index in [0.29, 0.717) is 11.7 Å². The third-order valence-corrected chi connectivity index (χ3v) is 5.95. The Balaban J connectivity index is 1.37. The Hall–Kier alpha value is -3.34. The lowest BCUT2D eigenvalue weighted by molar-refractivity contribution is -0.119. The van der Waals surface area contributed by atoms with E-state index in [2.05, 4.69) is 25.9 Å². The molecule has 168 valence electrons. The van der Waals surface area contributed by atoms with Crippen LogP contribution < -0.4 is 15.8 Å². The average Bonchev–Trinajstić information content (AvgIpc) is 3.47. The molecule has 0 bridgehead atoms. The molecule has 4 rings (SSSR count). The Morgan fingerprint density at radius 1 is 1.06 bits per heavy atom. The van der Waals surface area contributed by atoms with Gasteiger partial charge in [-0.3, -0.25) is 25.0 Å². The summed E-state index contributed by atoms with van der Waals surface area (Å²) in [7, 11) is 0. The Morgan fingerprint density at radius 3 is 2.56 bits per heavy atom. The number of aromatic nitrogens is 3. The fourth-order valence-corrected chi connectivity index (χ4v) is 4.11. The third-order valence-electron chi connectivity index (χ3n) is 4.98. The van der Waals surface area contributed by atoms with E-state index in [0.717, 1.165) is 37.6 Å². The molecule has 0 unspecified atom stereocenters. The second-order valence-corrected chi connectivity index (χ2v) is 8.24. The van der Waals surface area contributed by atoms with Crippen molar-refractivity contribution < 1.29 is 18.4 Å². The van der Waals surface area contributed by atoms with Crippen LogP contribution in [-0.2, 0) is 11.3 Å². The molecule has 2 aromatic heterocycles. The molecule has 0 atom stereocenters. The number of thioether (sulfide) groups is 1. The molecule has 0 aliphatic carbocycles. The van der Waals surface area contributed by atoms with Crippen LogP contribution in [-0.4, -0.2) is 45.4 Å². The van der Waals surface area contributed by atoms with E-state index in [-0.39, 0.29) is 11.3 Å². The molecule has 9 nitrogen and oxygen atoms in total. The van der Waals surface area contributed by atoms with Crippen molar-refractivity contribution >= 4 is 29.5 Å². The smallest absolute Gasteiger partial charge is 0.269 e. The number of furan rings is 1. The summed E-state index contributed by atoms with van der Waals surface area (Å²) in [6.07, 6.45) is 5.02. The maximum atomic E-state index is 13.0. The van der Waals surface area contributed by atoms with Crippen LogP contribution >= 0.6 is 11.8 Å². The first-order valence-electron chi connectivity index (χ1n) is 10.3. The van der Waals surface area contributed by atoms with Gasteiger partial charge in [0.1, 0.15) is 11.6 Å². The summed E-state index contributed by atoms with van der Waals surface area (Å²) < 4.78 is 20.4. The minimum atomic E-state index is -0.531. The summed E-state index contributed by atoms with van der Waals surface area (Å²) in [4.78, 5) is 26.5. The van der Waals surface area contributed by atoms with Crippen molar-refractivity contribution in [1.29, 1.82) is 0 Å². The number of hydrazine groups is 1. The largest absolute Gasteiger partial charge is 0.467 e. The molecule has 0 saturated carbocycles. The summed E-state index contributed by atoms with van der Waals surface area (Å²) in [6, 6.07) is 8.74. The number of piperidine rings is 1. The summed E-state index contributed by atoms with van der Waals surface area (Å²) in [5.74, 6) is 0.174. The van der Waals surface area contributed by atoms with Crippen molar-refractivity contribution in [2.45, 2.75) is 31.0 Å². The number of hydrogen-bond acceptors (Lipinski definition) is 7. The molecule has 1 aliphatic heterocycles. The maximum Gasteiger partial charge on any atom is 0.269 e. The minimum Gasteiger partial charge on any atom is -0.467 e. The predicted octanol–water partition coefficient (Wildman–Crippen LogP) is 2.60. The van der Waals surface area contributed by atoms with Gasteiger partial charge in [-0.15, -0.1) is 10.2 Å². The fourth-order valence-electron chi connectivity index (χ4n) is 3.38. The van der Waals surface area contributed by atoms with Crippen molar-refractivity contribution in [2.24, 2.45) is 0 Å². The number of hydrogen-bond donors (Lipinski definition) is 2. The highest BCUT2D eigenvalue weighted by molar-refractivity contribution is 7.99. The first kappa shape index (κ1) is 21.9. The molecule has 0 spiro atoms. The zero-order chi connectivity index (χ0) is 22.3. The number of nitrogens with one attached hydrogen (secondary N) is 2. The lowest BCUT2D eigenvalue weighted by Gasteiger charge is -2.27. The van der Waals surface area contributed by atoms with Crippen LogP contribution in [0, 0.1) is 5.82 Å². The van der Waals surface area contributed by atoms with Gasteiger partial charge in [0.25, 0.3) is 5.91 Å². The molecule has 11 heteroatoms. The Kier molecular flexibility index (Phi) is 7.05. The number of benzene rings is 1. The predicted molar refractivity (Wildman–Crippen MR) is 117 cm³/mol. The second-order valence-electron chi connectivity index (χ2n) is 7.29. The number of amides is 2. The zero-order valence-corrected chi connectivity index (χ0v) is 18.1. The van der Waals surface area contributed by atoms with Gasteiger partial charge in [-0.25, -0.2) is 4.39 Å². The van der Waals surface area contributed by atoms with Crippen LogP contribution in [0.2, 0.25) is 0 Å². The summed E-state index contributed by atoms with van der Waals surface area (Å²) in [5.41, 5.74) is 4.92. The van der Waals surface area contributed by atoms with Crippen molar-refractivity contribution in [3.05, 3.63) is 59.8 Å². The van der Waals surface area contributed by atoms with E-state index >= 15 is 0 Å². The van der Waals surface area contributed by atoms with Gasteiger partial charge in [-0.1, -0.05) is 11.8 Å². The normalized spacial score (nSPS) is 13.7. The number of carbonyl (C=O) groups is 2. The molecule has 1 saturated heterocycles. The summed E-state index contributed by atoms with van der Waals surface area (Å²) in [6.45, 7) is 2.28. The molecule has 3 heterocycles. The van der Waals surface area contributed by atoms with Gasteiger partial charge in [0, 0.05) is 18.7 Å². The van der Waals surface area contributed by atoms with Crippen molar-refractivity contribution in [2.75, 3.05) is 23.7 Å². The molecule has 0 radical (unpaired) electrons. The number of anilines is 1. The van der Waals surface area contributed by atoms with E-state index in [1.165, 1.54) is 42.4 Å². The molecule has 1 fully saturated rings. The second kappa shape index (κ2) is 10.3. The first-order valence-corrected chi connectivity index (χ1v) is 11.3. The number of carbonyl (C=O) groups excluding carboxylic acids is 2. The highest BCUT2D eigenvalue weighted by atomic mass is 32.2. The lowest BCUT2D eigenvalue weighted by atomic mass is 10.1. The number of rotatable bonds is 7. The monoisotopic (exact) mass is 458 g/mol. The molecular weight excluding hydrogens is 435 g/mol. The SMILES string of the molecule is O=C(CSc1nnc(N2CCCCC2)n1Cc1ccco1)NNC(=O)c1ccc(F)cc1. The molecule has 32 heavy (non-hydrogen) atoms. The Morgan fingerprint density at radius 2 is 1.84 bits per heavy atom. The minimum absolute atomic E-state index is 0.0278. The highest BCUT2D eigenvalue weighted by Gasteiger charge is 2.22. The lowest BCUT2D eigenvalue weighted by Crippen LogP contribution is -2.42.